The zero-order chi connectivity index (χ0) is 21.8. The Kier molecular flexibility index (Phi) is 6.18. The molecule has 0 saturated carbocycles. The third-order valence-corrected chi connectivity index (χ3v) is 5.93. The van der Waals surface area contributed by atoms with Gasteiger partial charge in [-0.15, -0.1) is 0 Å². The number of carbonyl (C=O) groups is 1. The van der Waals surface area contributed by atoms with Crippen LogP contribution in [0.3, 0.4) is 0 Å². The molecule has 4 aromatic rings. The number of para-hydroxylation sites is 2. The van der Waals surface area contributed by atoms with Crippen LogP contribution in [-0.4, -0.2) is 15.5 Å². The predicted octanol–water partition coefficient (Wildman–Crippen LogP) is 5.52. The smallest absolute Gasteiger partial charge is 0.262 e. The summed E-state index contributed by atoms with van der Waals surface area (Å²) in [5.41, 5.74) is 3.11. The van der Waals surface area contributed by atoms with Crippen LogP contribution in [0.1, 0.15) is 35.8 Å². The van der Waals surface area contributed by atoms with Crippen molar-refractivity contribution in [1.82, 2.24) is 9.55 Å². The average Bonchev–Trinajstić information content (AvgIpc) is 2.78. The highest BCUT2D eigenvalue weighted by molar-refractivity contribution is 7.98. The molecule has 0 atom stereocenters. The zero-order valence-corrected chi connectivity index (χ0v) is 18.2. The molecule has 1 amide bonds. The Hall–Kier alpha value is -3.38. The third kappa shape index (κ3) is 4.70. The van der Waals surface area contributed by atoms with Gasteiger partial charge in [0.1, 0.15) is 0 Å². The largest absolute Gasteiger partial charge is 0.322 e. The first-order chi connectivity index (χ1) is 15.0. The van der Waals surface area contributed by atoms with Gasteiger partial charge in [0.05, 0.1) is 10.9 Å². The standard InChI is InChI=1S/C25H23N3O2S/c1-17(2)28-24(30)21-10-6-7-11-22(21)27-25(28)31-16-18-12-14-19(15-13-18)23(29)26-20-8-4-3-5-9-20/h3-15,17H,16H2,1-2H3,(H,26,29). The van der Waals surface area contributed by atoms with Crippen LogP contribution in [-0.2, 0) is 5.75 Å². The number of thioether (sulfide) groups is 1. The minimum Gasteiger partial charge on any atom is -0.322 e. The first kappa shape index (κ1) is 20.9. The predicted molar refractivity (Wildman–Crippen MR) is 127 cm³/mol. The summed E-state index contributed by atoms with van der Waals surface area (Å²) in [7, 11) is 0. The number of nitrogens with zero attached hydrogens (tertiary/aromatic N) is 2. The summed E-state index contributed by atoms with van der Waals surface area (Å²) >= 11 is 1.53. The molecule has 1 aromatic heterocycles. The Labute approximate surface area is 185 Å². The third-order valence-electron chi connectivity index (χ3n) is 4.91. The summed E-state index contributed by atoms with van der Waals surface area (Å²) in [6.45, 7) is 3.98. The molecule has 0 saturated heterocycles. The van der Waals surface area contributed by atoms with E-state index in [9.17, 15) is 9.59 Å². The number of benzene rings is 3. The van der Waals surface area contributed by atoms with Gasteiger partial charge in [0.15, 0.2) is 5.16 Å². The first-order valence-corrected chi connectivity index (χ1v) is 11.1. The molecular formula is C25H23N3O2S. The number of amides is 1. The zero-order valence-electron chi connectivity index (χ0n) is 17.4. The average molecular weight is 430 g/mol. The molecule has 4 rings (SSSR count). The maximum Gasteiger partial charge on any atom is 0.262 e. The van der Waals surface area contributed by atoms with Gasteiger partial charge in [0, 0.05) is 23.0 Å². The van der Waals surface area contributed by atoms with Crippen molar-refractivity contribution in [3.05, 3.63) is 100 Å². The minimum absolute atomic E-state index is 0.0103. The number of aromatic nitrogens is 2. The molecule has 156 valence electrons. The van der Waals surface area contributed by atoms with E-state index >= 15 is 0 Å². The molecule has 0 aliphatic carbocycles. The summed E-state index contributed by atoms with van der Waals surface area (Å²) in [5.74, 6) is 0.508. The van der Waals surface area contributed by atoms with Gasteiger partial charge in [-0.25, -0.2) is 4.98 Å². The molecule has 0 bridgehead atoms. The lowest BCUT2D eigenvalue weighted by atomic mass is 10.1. The van der Waals surface area contributed by atoms with E-state index in [-0.39, 0.29) is 17.5 Å². The van der Waals surface area contributed by atoms with Crippen molar-refractivity contribution in [2.75, 3.05) is 5.32 Å². The van der Waals surface area contributed by atoms with Gasteiger partial charge >= 0.3 is 0 Å². The normalized spacial score (nSPS) is 11.1. The van der Waals surface area contributed by atoms with Crippen molar-refractivity contribution >= 4 is 34.3 Å². The second-order valence-electron chi connectivity index (χ2n) is 7.49. The lowest BCUT2D eigenvalue weighted by molar-refractivity contribution is 0.102. The topological polar surface area (TPSA) is 64.0 Å². The van der Waals surface area contributed by atoms with Gasteiger partial charge in [-0.1, -0.05) is 54.2 Å². The Balaban J connectivity index is 1.51. The summed E-state index contributed by atoms with van der Waals surface area (Å²) in [5, 5.41) is 4.22. The van der Waals surface area contributed by atoms with Gasteiger partial charge in [0.2, 0.25) is 0 Å². The van der Waals surface area contributed by atoms with Crippen LogP contribution in [0.15, 0.2) is 88.8 Å². The van der Waals surface area contributed by atoms with E-state index in [0.717, 1.165) is 11.3 Å². The Morgan fingerprint density at radius 2 is 1.65 bits per heavy atom. The van der Waals surface area contributed by atoms with Gasteiger partial charge < -0.3 is 5.32 Å². The lowest BCUT2D eigenvalue weighted by Gasteiger charge is -2.16. The van der Waals surface area contributed by atoms with Crippen LogP contribution in [0.5, 0.6) is 0 Å². The second-order valence-corrected chi connectivity index (χ2v) is 8.43. The van der Waals surface area contributed by atoms with Crippen LogP contribution in [0.2, 0.25) is 0 Å². The molecule has 31 heavy (non-hydrogen) atoms. The summed E-state index contributed by atoms with van der Waals surface area (Å²) in [6.07, 6.45) is 0. The van der Waals surface area contributed by atoms with E-state index in [1.807, 2.05) is 92.7 Å². The highest BCUT2D eigenvalue weighted by atomic mass is 32.2. The monoisotopic (exact) mass is 429 g/mol. The second kappa shape index (κ2) is 9.18. The van der Waals surface area contributed by atoms with Crippen molar-refractivity contribution < 1.29 is 4.79 Å². The summed E-state index contributed by atoms with van der Waals surface area (Å²) in [4.78, 5) is 30.1. The van der Waals surface area contributed by atoms with E-state index in [4.69, 9.17) is 4.98 Å². The van der Waals surface area contributed by atoms with Crippen LogP contribution in [0.4, 0.5) is 5.69 Å². The van der Waals surface area contributed by atoms with Gasteiger partial charge in [0.25, 0.3) is 11.5 Å². The fourth-order valence-electron chi connectivity index (χ4n) is 3.31. The molecule has 5 nitrogen and oxygen atoms in total. The minimum atomic E-state index is -0.143. The molecule has 0 unspecified atom stereocenters. The Morgan fingerprint density at radius 1 is 0.968 bits per heavy atom. The van der Waals surface area contributed by atoms with Crippen LogP contribution < -0.4 is 10.9 Å². The van der Waals surface area contributed by atoms with Crippen molar-refractivity contribution in [2.45, 2.75) is 30.8 Å². The van der Waals surface area contributed by atoms with E-state index in [1.54, 1.807) is 4.57 Å². The van der Waals surface area contributed by atoms with Crippen molar-refractivity contribution in [1.29, 1.82) is 0 Å². The maximum absolute atomic E-state index is 12.9. The van der Waals surface area contributed by atoms with E-state index in [0.29, 0.717) is 27.4 Å². The molecular weight excluding hydrogens is 406 g/mol. The van der Waals surface area contributed by atoms with Crippen LogP contribution in [0.25, 0.3) is 10.9 Å². The quantitative estimate of drug-likeness (QED) is 0.324. The molecule has 6 heteroatoms. The number of hydrogen-bond donors (Lipinski definition) is 1. The fourth-order valence-corrected chi connectivity index (χ4v) is 4.39. The van der Waals surface area contributed by atoms with Gasteiger partial charge in [-0.05, 0) is 55.8 Å². The molecule has 3 aromatic carbocycles. The molecule has 1 N–H and O–H groups in total. The number of hydrogen-bond acceptors (Lipinski definition) is 4. The number of anilines is 1. The SMILES string of the molecule is CC(C)n1c(SCc2ccc(C(=O)Nc3ccccc3)cc2)nc2ccccc2c1=O. The summed E-state index contributed by atoms with van der Waals surface area (Å²) in [6, 6.07) is 24.3. The molecule has 0 aliphatic rings. The molecule has 0 spiro atoms. The number of fused-ring (bicyclic) bond motifs is 1. The van der Waals surface area contributed by atoms with E-state index in [2.05, 4.69) is 5.32 Å². The number of nitrogens with one attached hydrogen (secondary N) is 1. The van der Waals surface area contributed by atoms with Gasteiger partial charge in [-0.2, -0.15) is 0 Å². The number of rotatable bonds is 6. The van der Waals surface area contributed by atoms with Gasteiger partial charge in [-0.3, -0.25) is 14.2 Å². The van der Waals surface area contributed by atoms with Crippen molar-refractivity contribution in [2.24, 2.45) is 0 Å². The Morgan fingerprint density at radius 3 is 2.35 bits per heavy atom. The maximum atomic E-state index is 12.9. The lowest BCUT2D eigenvalue weighted by Crippen LogP contribution is -2.25. The molecule has 0 fully saturated rings. The van der Waals surface area contributed by atoms with E-state index in [1.165, 1.54) is 11.8 Å². The Bertz CT molecular complexity index is 1270. The van der Waals surface area contributed by atoms with Crippen LogP contribution in [0, 0.1) is 0 Å². The number of carbonyl (C=O) groups excluding carboxylic acids is 1. The summed E-state index contributed by atoms with van der Waals surface area (Å²) < 4.78 is 1.74. The van der Waals surface area contributed by atoms with Crippen molar-refractivity contribution in [3.8, 4) is 0 Å². The molecule has 0 aliphatic heterocycles. The highest BCUT2D eigenvalue weighted by Crippen LogP contribution is 2.24. The molecule has 0 radical (unpaired) electrons. The first-order valence-electron chi connectivity index (χ1n) is 10.1. The molecule has 1 heterocycles. The van der Waals surface area contributed by atoms with Crippen LogP contribution >= 0.6 is 11.8 Å². The fraction of sp³-hybridized carbons (Fsp3) is 0.160. The highest BCUT2D eigenvalue weighted by Gasteiger charge is 2.14. The van der Waals surface area contributed by atoms with E-state index < -0.39 is 0 Å². The van der Waals surface area contributed by atoms with Crippen molar-refractivity contribution in [3.63, 3.8) is 0 Å².